The first-order valence-electron chi connectivity index (χ1n) is 6.44. The molecule has 104 valence electrons. The Labute approximate surface area is 112 Å². The Kier molecular flexibility index (Phi) is 4.70. The third-order valence-corrected chi connectivity index (χ3v) is 3.24. The van der Waals surface area contributed by atoms with Crippen LogP contribution in [-0.2, 0) is 4.74 Å². The minimum atomic E-state index is -0.0776. The van der Waals surface area contributed by atoms with Crippen LogP contribution in [0.15, 0.2) is 18.3 Å². The molecule has 1 aromatic heterocycles. The van der Waals surface area contributed by atoms with Crippen LogP contribution in [0.2, 0.25) is 0 Å². The lowest BCUT2D eigenvalue weighted by atomic mass is 10.1. The molecule has 0 spiro atoms. The van der Waals surface area contributed by atoms with Crippen LogP contribution in [0.1, 0.15) is 23.2 Å². The van der Waals surface area contributed by atoms with E-state index in [0.29, 0.717) is 25.3 Å². The Morgan fingerprint density at radius 3 is 2.89 bits per heavy atom. The van der Waals surface area contributed by atoms with Gasteiger partial charge in [0.2, 0.25) is 0 Å². The summed E-state index contributed by atoms with van der Waals surface area (Å²) in [6.45, 7) is 1.67. The number of carbonyl (C=O) groups is 1. The van der Waals surface area contributed by atoms with E-state index in [1.165, 1.54) is 0 Å². The highest BCUT2D eigenvalue weighted by molar-refractivity contribution is 5.98. The number of nitrogens with two attached hydrogens (primary N) is 1. The second-order valence-corrected chi connectivity index (χ2v) is 4.52. The van der Waals surface area contributed by atoms with E-state index >= 15 is 0 Å². The van der Waals surface area contributed by atoms with Crippen molar-refractivity contribution in [1.29, 1.82) is 0 Å². The van der Waals surface area contributed by atoms with Crippen molar-refractivity contribution < 1.29 is 14.6 Å². The van der Waals surface area contributed by atoms with Gasteiger partial charge in [-0.25, -0.2) is 4.98 Å². The lowest BCUT2D eigenvalue weighted by Gasteiger charge is -2.32. The van der Waals surface area contributed by atoms with Crippen molar-refractivity contribution >= 4 is 11.7 Å². The van der Waals surface area contributed by atoms with Crippen LogP contribution < -0.4 is 5.73 Å². The molecule has 1 saturated heterocycles. The van der Waals surface area contributed by atoms with E-state index < -0.39 is 0 Å². The monoisotopic (exact) mass is 265 g/mol. The number of hydrogen-bond acceptors (Lipinski definition) is 5. The van der Waals surface area contributed by atoms with Gasteiger partial charge in [0.15, 0.2) is 0 Å². The Bertz CT molecular complexity index is 431. The largest absolute Gasteiger partial charge is 0.394 e. The van der Waals surface area contributed by atoms with Gasteiger partial charge in [0.25, 0.3) is 5.91 Å². The molecule has 1 amide bonds. The lowest BCUT2D eigenvalue weighted by Crippen LogP contribution is -2.41. The molecule has 0 aromatic carbocycles. The number of anilines is 1. The average Bonchev–Trinajstić information content (AvgIpc) is 2.45. The van der Waals surface area contributed by atoms with Crippen LogP contribution >= 0.6 is 0 Å². The first kappa shape index (κ1) is 13.8. The van der Waals surface area contributed by atoms with Crippen molar-refractivity contribution in [3.05, 3.63) is 23.9 Å². The highest BCUT2D eigenvalue weighted by atomic mass is 16.5. The van der Waals surface area contributed by atoms with Gasteiger partial charge in [0.05, 0.1) is 24.9 Å². The number of piperidine rings is 1. The number of nitrogens with zero attached hydrogens (tertiary/aromatic N) is 2. The van der Waals surface area contributed by atoms with Crippen LogP contribution in [-0.4, -0.2) is 53.3 Å². The minimum Gasteiger partial charge on any atom is -0.394 e. The zero-order chi connectivity index (χ0) is 13.7. The van der Waals surface area contributed by atoms with Gasteiger partial charge in [-0.15, -0.1) is 0 Å². The number of aromatic nitrogens is 1. The Balaban J connectivity index is 1.91. The maximum Gasteiger partial charge on any atom is 0.257 e. The number of hydrogen-bond donors (Lipinski definition) is 2. The SMILES string of the molecule is Nc1ncccc1C(=O)N1CCC(OCCO)CC1. The van der Waals surface area contributed by atoms with Gasteiger partial charge >= 0.3 is 0 Å². The van der Waals surface area contributed by atoms with Crippen molar-refractivity contribution in [2.24, 2.45) is 0 Å². The smallest absolute Gasteiger partial charge is 0.257 e. The Morgan fingerprint density at radius 1 is 1.53 bits per heavy atom. The molecule has 2 rings (SSSR count). The number of carbonyl (C=O) groups excluding carboxylic acids is 1. The molecule has 1 fully saturated rings. The standard InChI is InChI=1S/C13H19N3O3/c14-12-11(2-1-5-15-12)13(18)16-6-3-10(4-7-16)19-9-8-17/h1-2,5,10,17H,3-4,6-9H2,(H2,14,15). The molecule has 19 heavy (non-hydrogen) atoms. The number of amides is 1. The van der Waals surface area contributed by atoms with E-state index in [9.17, 15) is 4.79 Å². The van der Waals surface area contributed by atoms with Crippen LogP contribution in [0, 0.1) is 0 Å². The molecule has 0 unspecified atom stereocenters. The van der Waals surface area contributed by atoms with Gasteiger partial charge in [-0.1, -0.05) is 0 Å². The summed E-state index contributed by atoms with van der Waals surface area (Å²) in [5.41, 5.74) is 6.17. The quantitative estimate of drug-likeness (QED) is 0.816. The Morgan fingerprint density at radius 2 is 2.26 bits per heavy atom. The molecule has 2 heterocycles. The number of likely N-dealkylation sites (tertiary alicyclic amines) is 1. The van der Waals surface area contributed by atoms with E-state index in [4.69, 9.17) is 15.6 Å². The normalized spacial score (nSPS) is 16.6. The van der Waals surface area contributed by atoms with Crippen molar-refractivity contribution in [2.45, 2.75) is 18.9 Å². The number of nitrogen functional groups attached to an aromatic ring is 1. The molecule has 0 atom stereocenters. The van der Waals surface area contributed by atoms with Crippen LogP contribution in [0.5, 0.6) is 0 Å². The zero-order valence-electron chi connectivity index (χ0n) is 10.8. The van der Waals surface area contributed by atoms with Gasteiger partial charge in [-0.05, 0) is 25.0 Å². The third kappa shape index (κ3) is 3.42. The van der Waals surface area contributed by atoms with Gasteiger partial charge in [-0.2, -0.15) is 0 Å². The first-order valence-corrected chi connectivity index (χ1v) is 6.44. The number of ether oxygens (including phenoxy) is 1. The molecule has 1 aliphatic rings. The molecular formula is C13H19N3O3. The van der Waals surface area contributed by atoms with E-state index in [1.54, 1.807) is 23.2 Å². The molecule has 0 saturated carbocycles. The number of pyridine rings is 1. The molecule has 6 heteroatoms. The van der Waals surface area contributed by atoms with Crippen LogP contribution in [0.3, 0.4) is 0 Å². The second-order valence-electron chi connectivity index (χ2n) is 4.52. The van der Waals surface area contributed by atoms with Crippen LogP contribution in [0.25, 0.3) is 0 Å². The van der Waals surface area contributed by atoms with E-state index in [-0.39, 0.29) is 24.4 Å². The second kappa shape index (κ2) is 6.49. The summed E-state index contributed by atoms with van der Waals surface area (Å²) in [7, 11) is 0. The fourth-order valence-electron chi connectivity index (χ4n) is 2.21. The van der Waals surface area contributed by atoms with Crippen molar-refractivity contribution in [2.75, 3.05) is 32.0 Å². The molecule has 3 N–H and O–H groups in total. The summed E-state index contributed by atoms with van der Waals surface area (Å²) in [5, 5.41) is 8.71. The summed E-state index contributed by atoms with van der Waals surface area (Å²) < 4.78 is 5.46. The summed E-state index contributed by atoms with van der Waals surface area (Å²) in [5.74, 6) is 0.192. The highest BCUT2D eigenvalue weighted by Gasteiger charge is 2.25. The number of aliphatic hydroxyl groups is 1. The minimum absolute atomic E-state index is 0.0331. The topological polar surface area (TPSA) is 88.7 Å². The first-order chi connectivity index (χ1) is 9.22. The Hall–Kier alpha value is -1.66. The van der Waals surface area contributed by atoms with E-state index in [1.807, 2.05) is 0 Å². The van der Waals surface area contributed by atoms with Gasteiger partial charge in [0.1, 0.15) is 5.82 Å². The predicted octanol–water partition coefficient (Wildman–Crippen LogP) is 0.277. The fourth-order valence-corrected chi connectivity index (χ4v) is 2.21. The molecule has 1 aliphatic heterocycles. The van der Waals surface area contributed by atoms with Gasteiger partial charge in [-0.3, -0.25) is 4.79 Å². The molecule has 0 bridgehead atoms. The summed E-state index contributed by atoms with van der Waals surface area (Å²) >= 11 is 0. The molecule has 6 nitrogen and oxygen atoms in total. The van der Waals surface area contributed by atoms with E-state index in [0.717, 1.165) is 12.8 Å². The summed E-state index contributed by atoms with van der Waals surface area (Å²) in [4.78, 5) is 18.0. The third-order valence-electron chi connectivity index (χ3n) is 3.24. The highest BCUT2D eigenvalue weighted by Crippen LogP contribution is 2.18. The van der Waals surface area contributed by atoms with Gasteiger partial charge in [0, 0.05) is 19.3 Å². The average molecular weight is 265 g/mol. The molecule has 0 aliphatic carbocycles. The number of rotatable bonds is 4. The maximum atomic E-state index is 12.3. The molecule has 0 radical (unpaired) electrons. The van der Waals surface area contributed by atoms with Crippen molar-refractivity contribution in [1.82, 2.24) is 9.88 Å². The molecule has 1 aromatic rings. The fraction of sp³-hybridized carbons (Fsp3) is 0.538. The molecular weight excluding hydrogens is 246 g/mol. The summed E-state index contributed by atoms with van der Waals surface area (Å²) in [6, 6.07) is 3.40. The maximum absolute atomic E-state index is 12.3. The summed E-state index contributed by atoms with van der Waals surface area (Å²) in [6.07, 6.45) is 3.27. The van der Waals surface area contributed by atoms with Gasteiger partial charge < -0.3 is 20.5 Å². The zero-order valence-corrected chi connectivity index (χ0v) is 10.8. The van der Waals surface area contributed by atoms with E-state index in [2.05, 4.69) is 4.98 Å². The van der Waals surface area contributed by atoms with Crippen molar-refractivity contribution in [3.8, 4) is 0 Å². The predicted molar refractivity (Wildman–Crippen MR) is 70.6 cm³/mol. The number of aliphatic hydroxyl groups excluding tert-OH is 1. The van der Waals surface area contributed by atoms with Crippen molar-refractivity contribution in [3.63, 3.8) is 0 Å². The van der Waals surface area contributed by atoms with Crippen LogP contribution in [0.4, 0.5) is 5.82 Å². The lowest BCUT2D eigenvalue weighted by molar-refractivity contribution is -0.00552.